The van der Waals surface area contributed by atoms with Gasteiger partial charge in [-0.3, -0.25) is 18.9 Å². The number of carbonyl (C=O) groups excluding carboxylic acids is 3. The minimum absolute atomic E-state index is 0.119. The summed E-state index contributed by atoms with van der Waals surface area (Å²) in [6, 6.07) is 12.5. The second kappa shape index (κ2) is 12.5. The molecule has 1 fully saturated rings. The van der Waals surface area contributed by atoms with Crippen molar-refractivity contribution in [2.75, 3.05) is 11.9 Å². The summed E-state index contributed by atoms with van der Waals surface area (Å²) < 4.78 is 40.4. The monoisotopic (exact) mass is 715 g/mol. The lowest BCUT2D eigenvalue weighted by Gasteiger charge is -2.35. The number of halogens is 2. The molecule has 11 nitrogen and oxygen atoms in total. The molecule has 0 bridgehead atoms. The number of H-pyrrole nitrogens is 1. The number of fused-ring (bicyclic) bond motifs is 2. The minimum atomic E-state index is -5.77. The number of anilines is 1. The van der Waals surface area contributed by atoms with E-state index in [-0.39, 0.29) is 16.2 Å². The molecule has 2 atom stereocenters. The Kier molecular flexibility index (Phi) is 8.79. The van der Waals surface area contributed by atoms with E-state index in [9.17, 15) is 27.7 Å². The maximum atomic E-state index is 14.3. The molecule has 1 unspecified atom stereocenters. The van der Waals surface area contributed by atoms with Crippen molar-refractivity contribution in [3.63, 3.8) is 0 Å². The van der Waals surface area contributed by atoms with Gasteiger partial charge in [0.05, 0.1) is 15.4 Å². The first-order valence-electron chi connectivity index (χ1n) is 15.0. The van der Waals surface area contributed by atoms with E-state index in [1.54, 1.807) is 27.0 Å². The molecule has 0 saturated carbocycles. The number of hydrogen-bond donors (Lipinski definition) is 5. The van der Waals surface area contributed by atoms with E-state index >= 15 is 0 Å². The number of nitrogens with one attached hydrogen (secondary N) is 3. The van der Waals surface area contributed by atoms with E-state index in [0.29, 0.717) is 29.2 Å². The third kappa shape index (κ3) is 6.52. The van der Waals surface area contributed by atoms with Crippen molar-refractivity contribution in [1.82, 2.24) is 20.2 Å². The molecule has 0 aliphatic carbocycles. The fourth-order valence-corrected chi connectivity index (χ4v) is 7.89. The van der Waals surface area contributed by atoms with Crippen molar-refractivity contribution in [3.8, 4) is 10.6 Å². The molecule has 16 heteroatoms. The number of amides is 3. The summed E-state index contributed by atoms with van der Waals surface area (Å²) in [4.78, 5) is 69.2. The number of hydrogen-bond acceptors (Lipinski definition) is 7. The van der Waals surface area contributed by atoms with Gasteiger partial charge in [-0.2, -0.15) is 8.78 Å². The third-order valence-electron chi connectivity index (χ3n) is 8.21. The van der Waals surface area contributed by atoms with Gasteiger partial charge >= 0.3 is 13.3 Å². The number of likely N-dealkylation sites (tertiary alicyclic amines) is 1. The summed E-state index contributed by atoms with van der Waals surface area (Å²) in [5, 5.41) is 7.27. The maximum absolute atomic E-state index is 14.3. The van der Waals surface area contributed by atoms with Gasteiger partial charge in [0.2, 0.25) is 11.8 Å². The molecule has 0 radical (unpaired) electrons. The quantitative estimate of drug-likeness (QED) is 0.114. The number of benzene rings is 2. The predicted octanol–water partition coefficient (Wildman–Crippen LogP) is 6.51. The molecule has 1 aliphatic heterocycles. The van der Waals surface area contributed by atoms with Crippen molar-refractivity contribution in [1.29, 1.82) is 0 Å². The van der Waals surface area contributed by atoms with E-state index in [2.05, 4.69) is 20.6 Å². The Morgan fingerprint density at radius 1 is 1.06 bits per heavy atom. The van der Waals surface area contributed by atoms with Gasteiger partial charge in [-0.1, -0.05) is 56.4 Å². The highest BCUT2D eigenvalue weighted by atomic mass is 32.1. The number of alkyl halides is 2. The largest absolute Gasteiger partial charge is 0.399 e. The van der Waals surface area contributed by atoms with Gasteiger partial charge in [-0.15, -0.1) is 11.3 Å². The standard InChI is InChI=1S/C32H32F2N5O6PS2/c1-31(2,3)26(37-28(41)24-15-18-13-19(10-11-23(18)47-24)32(33,34)46(43,44)45)29(42)39-12-6-9-22(39)27(40)38-30-35-16-25(48-30)21-14-17-7-4-5-8-20(17)36-21/h4-5,7-8,10-11,13-16,22,26,36H,6,9,12H2,1-3H3,(H,37,41)(H,35,38,40)(H2,43,44,45)/t22-,26?/m0/s1. The number of aromatic amines is 1. The molecule has 6 rings (SSSR count). The van der Waals surface area contributed by atoms with Gasteiger partial charge in [0.15, 0.2) is 5.13 Å². The molecule has 1 saturated heterocycles. The summed E-state index contributed by atoms with van der Waals surface area (Å²) in [5.41, 5.74) is -4.19. The van der Waals surface area contributed by atoms with E-state index in [1.165, 1.54) is 28.4 Å². The summed E-state index contributed by atoms with van der Waals surface area (Å²) >= 11 is 2.29. The smallest absolute Gasteiger partial charge is 0.354 e. The third-order valence-corrected chi connectivity index (χ3v) is 11.3. The highest BCUT2D eigenvalue weighted by Crippen LogP contribution is 2.59. The highest BCUT2D eigenvalue weighted by Gasteiger charge is 2.50. The van der Waals surface area contributed by atoms with Crippen LogP contribution in [0, 0.1) is 5.41 Å². The number of rotatable bonds is 8. The number of thiophene rings is 1. The first kappa shape index (κ1) is 33.9. The van der Waals surface area contributed by atoms with Crippen LogP contribution in [0.4, 0.5) is 13.9 Å². The van der Waals surface area contributed by atoms with Crippen LogP contribution in [-0.4, -0.2) is 61.0 Å². The minimum Gasteiger partial charge on any atom is -0.354 e. The number of aromatic nitrogens is 2. The van der Waals surface area contributed by atoms with Gasteiger partial charge in [-0.05, 0) is 54.0 Å². The van der Waals surface area contributed by atoms with Gasteiger partial charge in [0.1, 0.15) is 12.1 Å². The van der Waals surface area contributed by atoms with Crippen LogP contribution >= 0.6 is 30.3 Å². The molecule has 252 valence electrons. The first-order chi connectivity index (χ1) is 22.5. The Morgan fingerprint density at radius 3 is 2.52 bits per heavy atom. The lowest BCUT2D eigenvalue weighted by atomic mass is 9.85. The Balaban J connectivity index is 1.16. The SMILES string of the molecule is CC(C)(C)C(NC(=O)c1cc2cc(C(F)(F)P(=O)(O)O)ccc2s1)C(=O)N1CCC[C@H]1C(=O)Nc1ncc(-c2cc3ccccc3[nH]2)s1. The van der Waals surface area contributed by atoms with E-state index in [4.69, 9.17) is 9.79 Å². The Morgan fingerprint density at radius 2 is 1.81 bits per heavy atom. The van der Waals surface area contributed by atoms with Crippen LogP contribution in [0.5, 0.6) is 0 Å². The van der Waals surface area contributed by atoms with Crippen LogP contribution in [0.3, 0.4) is 0 Å². The fourth-order valence-electron chi connectivity index (χ4n) is 5.68. The summed E-state index contributed by atoms with van der Waals surface area (Å²) in [7, 11) is -5.77. The molecule has 5 aromatic rings. The number of carbonyl (C=O) groups is 3. The Hall–Kier alpha value is -4.01. The topological polar surface area (TPSA) is 165 Å². The average Bonchev–Trinajstić information content (AvgIpc) is 3.83. The molecule has 48 heavy (non-hydrogen) atoms. The summed E-state index contributed by atoms with van der Waals surface area (Å²) in [6.45, 7) is 5.66. The molecule has 1 aliphatic rings. The molecule has 0 spiro atoms. The fraction of sp³-hybridized carbons (Fsp3) is 0.312. The van der Waals surface area contributed by atoms with Crippen molar-refractivity contribution in [3.05, 3.63) is 71.2 Å². The van der Waals surface area contributed by atoms with Gasteiger partial charge in [0, 0.05) is 33.9 Å². The summed E-state index contributed by atoms with van der Waals surface area (Å²) in [6.07, 6.45) is 2.69. The molecular formula is C32H32F2N5O6PS2. The first-order valence-corrected chi connectivity index (χ1v) is 18.2. The molecular weight excluding hydrogens is 683 g/mol. The maximum Gasteiger partial charge on any atom is 0.399 e. The predicted molar refractivity (Wildman–Crippen MR) is 181 cm³/mol. The zero-order valence-corrected chi connectivity index (χ0v) is 28.5. The molecule has 2 aromatic carbocycles. The van der Waals surface area contributed by atoms with Crippen LogP contribution in [0.25, 0.3) is 31.6 Å². The van der Waals surface area contributed by atoms with Crippen molar-refractivity contribution < 1.29 is 37.5 Å². The van der Waals surface area contributed by atoms with Crippen LogP contribution in [-0.2, 0) is 19.8 Å². The van der Waals surface area contributed by atoms with Gasteiger partial charge in [-0.25, -0.2) is 4.98 Å². The number of thiazole rings is 1. The van der Waals surface area contributed by atoms with E-state index in [1.807, 2.05) is 30.3 Å². The van der Waals surface area contributed by atoms with E-state index in [0.717, 1.165) is 44.9 Å². The van der Waals surface area contributed by atoms with Crippen molar-refractivity contribution >= 4 is 74.1 Å². The lowest BCUT2D eigenvalue weighted by molar-refractivity contribution is -0.140. The summed E-state index contributed by atoms with van der Waals surface area (Å²) in [5.74, 6) is -1.44. The molecule has 5 N–H and O–H groups in total. The molecule has 4 heterocycles. The van der Waals surface area contributed by atoms with Crippen LogP contribution in [0.15, 0.2) is 60.8 Å². The second-order valence-electron chi connectivity index (χ2n) is 12.7. The average molecular weight is 716 g/mol. The van der Waals surface area contributed by atoms with Crippen molar-refractivity contribution in [2.45, 2.75) is 51.4 Å². The Labute approximate surface area is 281 Å². The number of nitrogens with zero attached hydrogens (tertiary/aromatic N) is 2. The zero-order chi connectivity index (χ0) is 34.6. The second-order valence-corrected chi connectivity index (χ2v) is 16.5. The number of para-hydroxylation sites is 1. The van der Waals surface area contributed by atoms with Crippen LogP contribution in [0.1, 0.15) is 48.8 Å². The molecule has 3 aromatic heterocycles. The van der Waals surface area contributed by atoms with E-state index < -0.39 is 48.1 Å². The lowest BCUT2D eigenvalue weighted by Crippen LogP contribution is -2.57. The van der Waals surface area contributed by atoms with Crippen molar-refractivity contribution in [2.24, 2.45) is 5.41 Å². The zero-order valence-electron chi connectivity index (χ0n) is 26.0. The normalized spacial score (nSPS) is 16.4. The van der Waals surface area contributed by atoms with Crippen LogP contribution < -0.4 is 10.6 Å². The molecule has 3 amide bonds. The van der Waals surface area contributed by atoms with Gasteiger partial charge < -0.3 is 30.3 Å². The van der Waals surface area contributed by atoms with Crippen LogP contribution in [0.2, 0.25) is 0 Å². The van der Waals surface area contributed by atoms with Gasteiger partial charge in [0.25, 0.3) is 5.91 Å². The Bertz CT molecular complexity index is 2070. The highest BCUT2D eigenvalue weighted by molar-refractivity contribution is 7.52.